The third-order valence-electron chi connectivity index (χ3n) is 16.0. The van der Waals surface area contributed by atoms with E-state index in [2.05, 4.69) is 10.5 Å². The third-order valence-corrected chi connectivity index (χ3v) is 16.0. The summed E-state index contributed by atoms with van der Waals surface area (Å²) in [5.41, 5.74) is -2.00. The number of allylic oxidation sites excluding steroid dienone is 2. The maximum atomic E-state index is 16.4. The minimum absolute atomic E-state index is 0.0165. The Hall–Kier alpha value is -7.89. The first-order valence-corrected chi connectivity index (χ1v) is 26.3. The minimum atomic E-state index is -2.01. The molecular weight excluding hydrogens is 1040 g/mol. The number of ether oxygens (including phenoxy) is 5. The molecule has 9 rings (SSSR count). The average molecular weight is 1110 g/mol. The number of carbonyl (C=O) groups excluding carboxylic acids is 2. The largest absolute Gasteiger partial charge is 0.507 e. The average Bonchev–Trinajstić information content (AvgIpc) is 4.34. The molecule has 0 radical (unpaired) electrons. The fourth-order valence-corrected chi connectivity index (χ4v) is 11.2. The smallest absolute Gasteiger partial charge is 0.341 e. The molecule has 1 amide bonds. The van der Waals surface area contributed by atoms with Crippen molar-refractivity contribution in [1.82, 2.24) is 9.58 Å². The Morgan fingerprint density at radius 1 is 0.950 bits per heavy atom. The summed E-state index contributed by atoms with van der Waals surface area (Å²) in [5, 5.41) is 92.4. The number of hydrogen-bond donors (Lipinski definition) is 8. The molecular formula is C57H69FN6O16. The van der Waals surface area contributed by atoms with Crippen LogP contribution in [0.3, 0.4) is 0 Å². The van der Waals surface area contributed by atoms with E-state index in [-0.39, 0.29) is 98.2 Å². The van der Waals surface area contributed by atoms with Gasteiger partial charge in [-0.25, -0.2) is 9.18 Å². The van der Waals surface area contributed by atoms with Crippen LogP contribution in [0, 0.1) is 36.4 Å². The Kier molecular flexibility index (Phi) is 16.5. The number of carbonyl (C=O) groups is 3. The second-order valence-electron chi connectivity index (χ2n) is 21.4. The number of methoxy groups -OCH3 is 2. The number of phenols is 3. The molecule has 10 atom stereocenters. The number of aromatic carboxylic acids is 1. The summed E-state index contributed by atoms with van der Waals surface area (Å²) in [5.74, 6) is -10.4. The summed E-state index contributed by atoms with van der Waals surface area (Å²) < 4.78 is 48.0. The number of nitrogens with one attached hydrogen (secondary N) is 1. The monoisotopic (exact) mass is 1110 g/mol. The molecule has 4 aliphatic heterocycles. The highest BCUT2D eigenvalue weighted by atomic mass is 19.1. The van der Waals surface area contributed by atoms with Crippen molar-refractivity contribution in [2.24, 2.45) is 33.9 Å². The first kappa shape index (κ1) is 58.3. The van der Waals surface area contributed by atoms with E-state index in [0.29, 0.717) is 0 Å². The van der Waals surface area contributed by atoms with Crippen molar-refractivity contribution in [2.45, 2.75) is 117 Å². The Labute approximate surface area is 460 Å². The minimum Gasteiger partial charge on any atom is -0.507 e. The van der Waals surface area contributed by atoms with Crippen molar-refractivity contribution in [3.8, 4) is 28.7 Å². The van der Waals surface area contributed by atoms with Gasteiger partial charge in [-0.3, -0.25) is 19.4 Å². The van der Waals surface area contributed by atoms with Gasteiger partial charge in [-0.2, -0.15) is 5.10 Å². The standard InChI is InChI=1S/C57H69FN6O16/c1-25-13-12-14-26(2)55(72)60-42-35(22-59-64-19-18-62(23-27(64)3)44-37(58)21-34-43(53(44)77-11)63(33-15-16-33)24-36(48(34)69)56(73)74)49(70)39-40(50(42)71)47(68)31(7)52-41(39)54(61-75)57(9,80-52)78-20-17-38(76-10)28(4)51(79-32(8)65)30(6)46(67)29(5)45(25)66/h12-14,17,20-22,24-25,27-30,33,38,45-46,51,66-68,70-71,75H,15-16,18-19,23H2,1-11H3,(H,60,72)(H,73,74)/b13-12+,20-17+,26-14-,59-22+,61-54-/t25-,27?,28-,29-,30-,38+,45+,46+,51-,57+/m1/s1. The van der Waals surface area contributed by atoms with E-state index in [1.807, 2.05) is 0 Å². The van der Waals surface area contributed by atoms with E-state index in [1.165, 1.54) is 78.8 Å². The summed E-state index contributed by atoms with van der Waals surface area (Å²) in [6, 6.07) is 0.394. The molecule has 5 heterocycles. The van der Waals surface area contributed by atoms with Crippen LogP contribution in [-0.4, -0.2) is 145 Å². The molecule has 5 bridgehead atoms. The molecule has 23 heteroatoms. The lowest BCUT2D eigenvalue weighted by Gasteiger charge is -2.40. The molecule has 80 heavy (non-hydrogen) atoms. The fourth-order valence-electron chi connectivity index (χ4n) is 11.2. The number of carboxylic acid groups (broad SMARTS) is 1. The number of pyridine rings is 1. The van der Waals surface area contributed by atoms with Gasteiger partial charge in [0.1, 0.15) is 34.6 Å². The first-order valence-electron chi connectivity index (χ1n) is 26.3. The molecule has 430 valence electrons. The topological polar surface area (TPSA) is 304 Å². The van der Waals surface area contributed by atoms with Gasteiger partial charge in [-0.1, -0.05) is 51.1 Å². The number of rotatable bonds is 8. The van der Waals surface area contributed by atoms with Gasteiger partial charge in [-0.05, 0) is 45.8 Å². The van der Waals surface area contributed by atoms with Gasteiger partial charge >= 0.3 is 11.9 Å². The van der Waals surface area contributed by atoms with E-state index in [9.17, 15) is 55.0 Å². The lowest BCUT2D eigenvalue weighted by Crippen LogP contribution is -2.50. The molecule has 1 aromatic heterocycles. The van der Waals surface area contributed by atoms with Crippen LogP contribution in [0.5, 0.6) is 28.7 Å². The zero-order valence-electron chi connectivity index (χ0n) is 46.3. The number of anilines is 2. The van der Waals surface area contributed by atoms with E-state index in [4.69, 9.17) is 28.8 Å². The van der Waals surface area contributed by atoms with Crippen LogP contribution in [-0.2, 0) is 23.8 Å². The number of esters is 1. The van der Waals surface area contributed by atoms with Crippen LogP contribution in [0.2, 0.25) is 0 Å². The number of piperazine rings is 1. The molecule has 0 spiro atoms. The lowest BCUT2D eigenvalue weighted by molar-refractivity contribution is -0.160. The van der Waals surface area contributed by atoms with E-state index >= 15 is 4.39 Å². The number of aromatic hydroxyl groups is 3. The summed E-state index contributed by atoms with van der Waals surface area (Å²) in [7, 11) is 2.76. The van der Waals surface area contributed by atoms with Gasteiger partial charge in [0, 0.05) is 86.5 Å². The van der Waals surface area contributed by atoms with Gasteiger partial charge in [0.15, 0.2) is 23.0 Å². The molecule has 1 aliphatic carbocycles. The number of amides is 1. The van der Waals surface area contributed by atoms with Gasteiger partial charge in [0.25, 0.3) is 11.7 Å². The summed E-state index contributed by atoms with van der Waals surface area (Å²) in [6.45, 7) is 14.6. The molecule has 1 saturated heterocycles. The number of nitrogens with zero attached hydrogens (tertiary/aromatic N) is 5. The maximum Gasteiger partial charge on any atom is 0.341 e. The molecule has 2 fully saturated rings. The van der Waals surface area contributed by atoms with Crippen LogP contribution >= 0.6 is 0 Å². The maximum absolute atomic E-state index is 16.4. The second kappa shape index (κ2) is 22.7. The van der Waals surface area contributed by atoms with Gasteiger partial charge < -0.3 is 74.3 Å². The highest BCUT2D eigenvalue weighted by molar-refractivity contribution is 6.25. The lowest BCUT2D eigenvalue weighted by atomic mass is 9.78. The zero-order chi connectivity index (χ0) is 58.6. The number of oxime groups is 1. The number of carboxylic acids is 1. The highest BCUT2D eigenvalue weighted by Crippen LogP contribution is 2.55. The van der Waals surface area contributed by atoms with Crippen molar-refractivity contribution in [3.63, 3.8) is 0 Å². The quantitative estimate of drug-likeness (QED) is 0.0225. The van der Waals surface area contributed by atoms with Crippen molar-refractivity contribution >= 4 is 62.8 Å². The van der Waals surface area contributed by atoms with Crippen LogP contribution in [0.1, 0.15) is 101 Å². The van der Waals surface area contributed by atoms with Gasteiger partial charge in [-0.15, -0.1) is 0 Å². The van der Waals surface area contributed by atoms with E-state index in [0.717, 1.165) is 18.9 Å². The Bertz CT molecular complexity index is 3370. The van der Waals surface area contributed by atoms with Crippen LogP contribution in [0.15, 0.2) is 63.5 Å². The molecule has 8 N–H and O–H groups in total. The van der Waals surface area contributed by atoms with Gasteiger partial charge in [0.2, 0.25) is 5.43 Å². The summed E-state index contributed by atoms with van der Waals surface area (Å²) >= 11 is 0. The number of hydrogen-bond acceptors (Lipinski definition) is 19. The first-order chi connectivity index (χ1) is 37.8. The molecule has 5 aliphatic rings. The number of phenolic OH excluding ortho intramolecular Hbond substituents is 3. The number of hydrazone groups is 1. The summed E-state index contributed by atoms with van der Waals surface area (Å²) in [4.78, 5) is 53.9. The number of aliphatic hydroxyl groups excluding tert-OH is 2. The van der Waals surface area contributed by atoms with Crippen LogP contribution in [0.4, 0.5) is 15.8 Å². The van der Waals surface area contributed by atoms with Crippen molar-refractivity contribution in [3.05, 3.63) is 86.7 Å². The van der Waals surface area contributed by atoms with E-state index < -0.39 is 112 Å². The second-order valence-corrected chi connectivity index (χ2v) is 21.4. The molecule has 3 aromatic carbocycles. The number of aromatic nitrogens is 1. The summed E-state index contributed by atoms with van der Waals surface area (Å²) in [6.07, 6.45) is 7.10. The fraction of sp³-hybridized carbons (Fsp3) is 0.474. The van der Waals surface area contributed by atoms with Gasteiger partial charge in [0.05, 0.1) is 83.6 Å². The molecule has 1 saturated carbocycles. The number of aliphatic hydroxyl groups is 2. The Balaban J connectivity index is 1.23. The predicted molar refractivity (Wildman–Crippen MR) is 294 cm³/mol. The predicted octanol–water partition coefficient (Wildman–Crippen LogP) is 6.79. The normalized spacial score (nSPS) is 28.9. The number of benzene rings is 3. The SMILES string of the molecule is COc1c(N2CCN(/N=C/c3c4c(O)c5c(O)c(C)c6c(c5c3O)/C(=N/O)[C@@](C)(O/C=C/[C@H](OC)[C@@H](C)[C@@H](OC(C)=O)[C@H](C)[C@@H](O)[C@H](C)[C@@H](O)[C@H](C)/C=C/C=C(/C)C(=O)N4)O6)C(C)C2)c(F)cc2c(=O)c(C(=O)O)cn(C3CC3)c12. The molecule has 22 nitrogen and oxygen atoms in total. The van der Waals surface area contributed by atoms with Crippen molar-refractivity contribution < 1.29 is 78.3 Å². The molecule has 1 unspecified atom stereocenters. The third kappa shape index (κ3) is 10.4. The molecule has 4 aromatic rings. The van der Waals surface area contributed by atoms with Crippen LogP contribution < -0.4 is 25.1 Å². The van der Waals surface area contributed by atoms with Crippen LogP contribution in [0.25, 0.3) is 21.7 Å². The Morgan fingerprint density at radius 2 is 1.65 bits per heavy atom. The highest BCUT2D eigenvalue weighted by Gasteiger charge is 2.49. The zero-order valence-corrected chi connectivity index (χ0v) is 46.3. The van der Waals surface area contributed by atoms with Crippen molar-refractivity contribution in [2.75, 3.05) is 44.1 Å². The number of fused-ring (bicyclic) bond motifs is 15. The Morgan fingerprint density at radius 3 is 2.26 bits per heavy atom. The van der Waals surface area contributed by atoms with E-state index in [1.54, 1.807) is 55.2 Å². The number of halogens is 1. The van der Waals surface area contributed by atoms with Crippen molar-refractivity contribution in [1.29, 1.82) is 0 Å².